The van der Waals surface area contributed by atoms with Gasteiger partial charge in [0.2, 0.25) is 0 Å². The minimum Gasteiger partial charge on any atom is -0.309 e. The van der Waals surface area contributed by atoms with Gasteiger partial charge < -0.3 is 5.32 Å². The Balaban J connectivity index is 2.41. The lowest BCUT2D eigenvalue weighted by Crippen LogP contribution is -2.18. The van der Waals surface area contributed by atoms with E-state index in [4.69, 9.17) is 11.6 Å². The highest BCUT2D eigenvalue weighted by molar-refractivity contribution is 6.30. The van der Waals surface area contributed by atoms with Crippen molar-refractivity contribution in [3.63, 3.8) is 0 Å². The predicted molar refractivity (Wildman–Crippen MR) is 75.0 cm³/mol. The van der Waals surface area contributed by atoms with E-state index in [1.807, 2.05) is 36.1 Å². The summed E-state index contributed by atoms with van der Waals surface area (Å²) in [6.07, 6.45) is 3.98. The lowest BCUT2D eigenvalue weighted by atomic mass is 9.97. The van der Waals surface area contributed by atoms with Crippen LogP contribution in [0.1, 0.15) is 29.7 Å². The molecule has 0 saturated heterocycles. The average molecular weight is 264 g/mol. The van der Waals surface area contributed by atoms with E-state index in [2.05, 4.69) is 30.5 Å². The molecule has 1 heterocycles. The largest absolute Gasteiger partial charge is 0.309 e. The number of nitrogens with one attached hydrogen (secondary N) is 1. The molecule has 0 aliphatic heterocycles. The van der Waals surface area contributed by atoms with E-state index in [0.717, 1.165) is 17.1 Å². The van der Waals surface area contributed by atoms with E-state index in [1.165, 1.54) is 11.1 Å². The van der Waals surface area contributed by atoms with Crippen molar-refractivity contribution in [3.05, 3.63) is 52.3 Å². The molecule has 0 spiro atoms. The molecular formula is C14H18ClN3. The molecule has 2 rings (SSSR count). The van der Waals surface area contributed by atoms with E-state index >= 15 is 0 Å². The maximum atomic E-state index is 6.09. The first kappa shape index (κ1) is 13.1. The molecule has 0 aliphatic carbocycles. The van der Waals surface area contributed by atoms with E-state index in [9.17, 15) is 0 Å². The molecule has 1 N–H and O–H groups in total. The summed E-state index contributed by atoms with van der Waals surface area (Å²) in [5.41, 5.74) is 3.58. The van der Waals surface area contributed by atoms with Gasteiger partial charge in [-0.1, -0.05) is 17.7 Å². The highest BCUT2D eigenvalue weighted by Gasteiger charge is 2.16. The standard InChI is InChI=1S/C14H18ClN3/c1-4-18-9-11(8-17-18)14(16-3)13-7-12(15)6-5-10(13)2/h5-9,14,16H,4H2,1-3H3. The fourth-order valence-corrected chi connectivity index (χ4v) is 2.31. The highest BCUT2D eigenvalue weighted by atomic mass is 35.5. The van der Waals surface area contributed by atoms with Crippen LogP contribution in [0.3, 0.4) is 0 Å². The van der Waals surface area contributed by atoms with E-state index in [1.54, 1.807) is 0 Å². The molecule has 0 saturated carbocycles. The number of benzene rings is 1. The zero-order valence-corrected chi connectivity index (χ0v) is 11.7. The Bertz CT molecular complexity index is 534. The fraction of sp³-hybridized carbons (Fsp3) is 0.357. The summed E-state index contributed by atoms with van der Waals surface area (Å²) in [6, 6.07) is 6.11. The lowest BCUT2D eigenvalue weighted by molar-refractivity contribution is 0.653. The summed E-state index contributed by atoms with van der Waals surface area (Å²) < 4.78 is 1.93. The molecule has 0 radical (unpaired) electrons. The SMILES string of the molecule is CCn1cc(C(NC)c2cc(Cl)ccc2C)cn1. The molecule has 1 atom stereocenters. The Kier molecular flexibility index (Phi) is 4.04. The Morgan fingerprint density at radius 3 is 2.83 bits per heavy atom. The van der Waals surface area contributed by atoms with Gasteiger partial charge in [-0.15, -0.1) is 0 Å². The van der Waals surface area contributed by atoms with Gasteiger partial charge in [-0.25, -0.2) is 0 Å². The fourth-order valence-electron chi connectivity index (χ4n) is 2.13. The number of rotatable bonds is 4. The highest BCUT2D eigenvalue weighted by Crippen LogP contribution is 2.26. The van der Waals surface area contributed by atoms with Gasteiger partial charge in [-0.2, -0.15) is 5.10 Å². The summed E-state index contributed by atoms with van der Waals surface area (Å²) in [5.74, 6) is 0. The maximum absolute atomic E-state index is 6.09. The summed E-state index contributed by atoms with van der Waals surface area (Å²) in [5, 5.41) is 8.42. The van der Waals surface area contributed by atoms with Crippen molar-refractivity contribution >= 4 is 11.6 Å². The van der Waals surface area contributed by atoms with Crippen LogP contribution in [0, 0.1) is 6.92 Å². The van der Waals surface area contributed by atoms with Crippen molar-refractivity contribution in [2.75, 3.05) is 7.05 Å². The summed E-state index contributed by atoms with van der Waals surface area (Å²) >= 11 is 6.09. The van der Waals surface area contributed by atoms with Crippen LogP contribution in [0.25, 0.3) is 0 Å². The quantitative estimate of drug-likeness (QED) is 0.918. The third-order valence-corrected chi connectivity index (χ3v) is 3.39. The molecule has 1 aromatic heterocycles. The van der Waals surface area contributed by atoms with Crippen molar-refractivity contribution in [2.24, 2.45) is 0 Å². The van der Waals surface area contributed by atoms with Gasteiger partial charge >= 0.3 is 0 Å². The number of hydrogen-bond donors (Lipinski definition) is 1. The summed E-state index contributed by atoms with van der Waals surface area (Å²) in [4.78, 5) is 0. The van der Waals surface area contributed by atoms with E-state index < -0.39 is 0 Å². The van der Waals surface area contributed by atoms with Gasteiger partial charge in [-0.05, 0) is 44.2 Å². The van der Waals surface area contributed by atoms with Crippen LogP contribution < -0.4 is 5.32 Å². The van der Waals surface area contributed by atoms with Crippen LogP contribution in [0.4, 0.5) is 0 Å². The van der Waals surface area contributed by atoms with Gasteiger partial charge in [0.25, 0.3) is 0 Å². The number of halogens is 1. The first-order valence-corrected chi connectivity index (χ1v) is 6.49. The van der Waals surface area contributed by atoms with Crippen LogP contribution >= 0.6 is 11.6 Å². The van der Waals surface area contributed by atoms with E-state index in [-0.39, 0.29) is 6.04 Å². The van der Waals surface area contributed by atoms with Crippen molar-refractivity contribution in [1.82, 2.24) is 15.1 Å². The topological polar surface area (TPSA) is 29.9 Å². The molecule has 18 heavy (non-hydrogen) atoms. The van der Waals surface area contributed by atoms with Crippen LogP contribution in [0.15, 0.2) is 30.6 Å². The van der Waals surface area contributed by atoms with Crippen LogP contribution in [-0.4, -0.2) is 16.8 Å². The first-order valence-electron chi connectivity index (χ1n) is 6.11. The first-order chi connectivity index (χ1) is 8.65. The third-order valence-electron chi connectivity index (χ3n) is 3.15. The van der Waals surface area contributed by atoms with Crippen molar-refractivity contribution in [1.29, 1.82) is 0 Å². The Morgan fingerprint density at radius 2 is 2.22 bits per heavy atom. The Labute approximate surface area is 113 Å². The maximum Gasteiger partial charge on any atom is 0.0608 e. The average Bonchev–Trinajstić information content (AvgIpc) is 2.83. The van der Waals surface area contributed by atoms with Gasteiger partial charge in [0.05, 0.1) is 12.2 Å². The second-order valence-corrected chi connectivity index (χ2v) is 4.79. The zero-order valence-electron chi connectivity index (χ0n) is 10.9. The normalized spacial score (nSPS) is 12.7. The van der Waals surface area contributed by atoms with Crippen molar-refractivity contribution in [3.8, 4) is 0 Å². The molecular weight excluding hydrogens is 246 g/mol. The van der Waals surface area contributed by atoms with Crippen molar-refractivity contribution < 1.29 is 0 Å². The van der Waals surface area contributed by atoms with Crippen LogP contribution in [0.2, 0.25) is 5.02 Å². The second kappa shape index (κ2) is 5.55. The molecule has 1 aromatic carbocycles. The molecule has 96 valence electrons. The molecule has 3 nitrogen and oxygen atoms in total. The summed E-state index contributed by atoms with van der Waals surface area (Å²) in [7, 11) is 1.95. The molecule has 4 heteroatoms. The van der Waals surface area contributed by atoms with E-state index in [0.29, 0.717) is 0 Å². The molecule has 0 fully saturated rings. The number of nitrogens with zero attached hydrogens (tertiary/aromatic N) is 2. The Hall–Kier alpha value is -1.32. The molecule has 0 bridgehead atoms. The monoisotopic (exact) mass is 263 g/mol. The molecule has 0 amide bonds. The Morgan fingerprint density at radius 1 is 1.44 bits per heavy atom. The van der Waals surface area contributed by atoms with Gasteiger partial charge in [0, 0.05) is 23.3 Å². The van der Waals surface area contributed by atoms with Crippen molar-refractivity contribution in [2.45, 2.75) is 26.4 Å². The minimum atomic E-state index is 0.129. The number of aromatic nitrogens is 2. The predicted octanol–water partition coefficient (Wildman–Crippen LogP) is 3.17. The lowest BCUT2D eigenvalue weighted by Gasteiger charge is -2.17. The van der Waals surface area contributed by atoms with Gasteiger partial charge in [0.15, 0.2) is 0 Å². The summed E-state index contributed by atoms with van der Waals surface area (Å²) in [6.45, 7) is 5.06. The van der Waals surface area contributed by atoms with Gasteiger partial charge in [-0.3, -0.25) is 4.68 Å². The third kappa shape index (κ3) is 2.57. The van der Waals surface area contributed by atoms with Crippen LogP contribution in [0.5, 0.6) is 0 Å². The second-order valence-electron chi connectivity index (χ2n) is 4.35. The van der Waals surface area contributed by atoms with Gasteiger partial charge in [0.1, 0.15) is 0 Å². The molecule has 1 unspecified atom stereocenters. The smallest absolute Gasteiger partial charge is 0.0608 e. The molecule has 0 aliphatic rings. The molecule has 2 aromatic rings. The van der Waals surface area contributed by atoms with Crippen LogP contribution in [-0.2, 0) is 6.54 Å². The minimum absolute atomic E-state index is 0.129. The number of hydrogen-bond acceptors (Lipinski definition) is 2. The number of aryl methyl sites for hydroxylation is 2. The zero-order chi connectivity index (χ0) is 13.1.